The number of carboxylic acids is 1. The van der Waals surface area contributed by atoms with Gasteiger partial charge in [0.1, 0.15) is 11.3 Å². The molecule has 2 aliphatic rings. The minimum atomic E-state index is -4.70. The van der Waals surface area contributed by atoms with E-state index < -0.39 is 35.9 Å². The fourth-order valence-corrected chi connectivity index (χ4v) is 5.20. The second kappa shape index (κ2) is 9.87. The molecule has 2 N–H and O–H groups in total. The first kappa shape index (κ1) is 25.6. The fraction of sp³-hybridized carbons (Fsp3) is 0.560. The monoisotopic (exact) mass is 503 g/mol. The molecule has 0 heterocycles. The van der Waals surface area contributed by atoms with Crippen molar-refractivity contribution in [1.29, 1.82) is 0 Å². The Morgan fingerprint density at radius 2 is 1.69 bits per heavy atom. The summed E-state index contributed by atoms with van der Waals surface area (Å²) in [6.45, 7) is 0.398. The van der Waals surface area contributed by atoms with E-state index in [4.69, 9.17) is 9.84 Å². The van der Waals surface area contributed by atoms with E-state index in [1.807, 2.05) is 0 Å². The van der Waals surface area contributed by atoms with E-state index >= 15 is 0 Å². The van der Waals surface area contributed by atoms with Crippen molar-refractivity contribution >= 4 is 16.7 Å². The highest BCUT2D eigenvalue weighted by Crippen LogP contribution is 2.44. The van der Waals surface area contributed by atoms with Gasteiger partial charge in [-0.25, -0.2) is 0 Å². The molecule has 0 radical (unpaired) electrons. The highest BCUT2D eigenvalue weighted by atomic mass is 19.4. The molecule has 0 aliphatic heterocycles. The third-order valence-electron chi connectivity index (χ3n) is 7.14. The lowest BCUT2D eigenvalue weighted by Crippen LogP contribution is -2.32. The van der Waals surface area contributed by atoms with Crippen LogP contribution in [0.5, 0.6) is 5.75 Å². The van der Waals surface area contributed by atoms with E-state index in [0.717, 1.165) is 12.0 Å². The van der Waals surface area contributed by atoms with Crippen molar-refractivity contribution in [2.45, 2.75) is 76.0 Å². The van der Waals surface area contributed by atoms with Crippen LogP contribution in [0.15, 0.2) is 30.3 Å². The first-order valence-corrected chi connectivity index (χ1v) is 11.7. The van der Waals surface area contributed by atoms with Crippen LogP contribution in [0.4, 0.5) is 26.3 Å². The van der Waals surface area contributed by atoms with Crippen molar-refractivity contribution in [3.8, 4) is 5.75 Å². The molecule has 2 aromatic carbocycles. The van der Waals surface area contributed by atoms with Gasteiger partial charge in [0.25, 0.3) is 0 Å². The van der Waals surface area contributed by atoms with Crippen LogP contribution < -0.4 is 10.1 Å². The van der Waals surface area contributed by atoms with E-state index in [2.05, 4.69) is 5.32 Å². The number of benzene rings is 2. The number of fused-ring (bicyclic) bond motifs is 1. The average molecular weight is 503 g/mol. The van der Waals surface area contributed by atoms with Crippen LogP contribution in [0, 0.1) is 11.8 Å². The van der Waals surface area contributed by atoms with E-state index in [9.17, 15) is 31.1 Å². The number of ether oxygens (including phenoxy) is 1. The zero-order valence-electron chi connectivity index (χ0n) is 18.9. The highest BCUT2D eigenvalue weighted by molar-refractivity contribution is 5.89. The number of halogens is 6. The number of rotatable bonds is 6. The smallest absolute Gasteiger partial charge is 0.420 e. The molecule has 0 saturated heterocycles. The van der Waals surface area contributed by atoms with Crippen molar-refractivity contribution in [2.75, 3.05) is 0 Å². The normalized spacial score (nSPS) is 25.7. The summed E-state index contributed by atoms with van der Waals surface area (Å²) in [5, 5.41) is 12.7. The summed E-state index contributed by atoms with van der Waals surface area (Å²) in [5.74, 6) is -2.99. The lowest BCUT2D eigenvalue weighted by atomic mass is 9.87. The molecule has 192 valence electrons. The summed E-state index contributed by atoms with van der Waals surface area (Å²) in [7, 11) is 0. The Bertz CT molecular complexity index is 1060. The van der Waals surface area contributed by atoms with Gasteiger partial charge in [-0.2, -0.15) is 26.3 Å². The van der Waals surface area contributed by atoms with Gasteiger partial charge < -0.3 is 15.2 Å². The van der Waals surface area contributed by atoms with E-state index in [1.54, 1.807) is 12.1 Å². The summed E-state index contributed by atoms with van der Waals surface area (Å²) >= 11 is 0. The van der Waals surface area contributed by atoms with Crippen LogP contribution in [0.2, 0.25) is 0 Å². The molecule has 0 amide bonds. The Morgan fingerprint density at radius 1 is 0.971 bits per heavy atom. The van der Waals surface area contributed by atoms with Crippen molar-refractivity contribution in [2.24, 2.45) is 11.8 Å². The predicted octanol–water partition coefficient (Wildman–Crippen LogP) is 6.70. The molecule has 2 aromatic rings. The summed E-state index contributed by atoms with van der Waals surface area (Å²) in [5.41, 5.74) is -0.156. The molecule has 0 spiro atoms. The summed E-state index contributed by atoms with van der Waals surface area (Å²) in [6.07, 6.45) is -8.07. The molecule has 0 bridgehead atoms. The molecular formula is C25H27F6NO3. The van der Waals surface area contributed by atoms with Gasteiger partial charge in [-0.3, -0.25) is 4.79 Å². The lowest BCUT2D eigenvalue weighted by Gasteiger charge is -2.31. The summed E-state index contributed by atoms with van der Waals surface area (Å²) in [4.78, 5) is 11.1. The SMILES string of the molecule is O=C(O)C1CCC(NCc2ccc3c(C(F)(F)F)c(OC4CCC(C(F)(F)F)CC4)ccc3c2)C1. The van der Waals surface area contributed by atoms with Gasteiger partial charge in [-0.15, -0.1) is 0 Å². The number of carboxylic acid groups (broad SMARTS) is 1. The number of aliphatic carboxylic acids is 1. The highest BCUT2D eigenvalue weighted by Gasteiger charge is 2.42. The minimum absolute atomic E-state index is 0.0328. The van der Waals surface area contributed by atoms with E-state index in [-0.39, 0.29) is 48.8 Å². The molecule has 2 saturated carbocycles. The van der Waals surface area contributed by atoms with Crippen LogP contribution in [0.1, 0.15) is 56.1 Å². The van der Waals surface area contributed by atoms with E-state index in [1.165, 1.54) is 18.2 Å². The third kappa shape index (κ3) is 6.02. The maximum atomic E-state index is 14.0. The molecule has 2 fully saturated rings. The standard InChI is InChI=1S/C25H27F6NO3/c26-24(27,28)17-4-7-19(8-5-17)35-21-10-3-15-11-14(1-9-20(15)22(21)25(29,30)31)13-32-18-6-2-16(12-18)23(33)34/h1,3,9-11,16-19,32H,2,4-8,12-13H2,(H,33,34). The molecular weight excluding hydrogens is 476 g/mol. The number of carbonyl (C=O) groups is 1. The van der Waals surface area contributed by atoms with Gasteiger partial charge in [0.15, 0.2) is 0 Å². The molecule has 2 aliphatic carbocycles. The quantitative estimate of drug-likeness (QED) is 0.431. The van der Waals surface area contributed by atoms with Gasteiger partial charge >= 0.3 is 18.3 Å². The molecule has 35 heavy (non-hydrogen) atoms. The number of alkyl halides is 6. The molecule has 2 atom stereocenters. The second-order valence-electron chi connectivity index (χ2n) is 9.55. The zero-order chi connectivity index (χ0) is 25.4. The van der Waals surface area contributed by atoms with Gasteiger partial charge in [0, 0.05) is 12.6 Å². The minimum Gasteiger partial charge on any atom is -0.490 e. The molecule has 2 unspecified atom stereocenters. The van der Waals surface area contributed by atoms with Crippen LogP contribution in [0.25, 0.3) is 10.8 Å². The maximum absolute atomic E-state index is 14.0. The Labute approximate surface area is 198 Å². The maximum Gasteiger partial charge on any atom is 0.420 e. The van der Waals surface area contributed by atoms with Crippen LogP contribution in [-0.4, -0.2) is 29.4 Å². The third-order valence-corrected chi connectivity index (χ3v) is 7.14. The van der Waals surface area contributed by atoms with Crippen LogP contribution in [0.3, 0.4) is 0 Å². The summed E-state index contributed by atoms with van der Waals surface area (Å²) in [6, 6.07) is 7.44. The topological polar surface area (TPSA) is 58.6 Å². The fourth-order valence-electron chi connectivity index (χ4n) is 5.20. The molecule has 0 aromatic heterocycles. The van der Waals surface area contributed by atoms with Crippen molar-refractivity contribution in [1.82, 2.24) is 5.32 Å². The van der Waals surface area contributed by atoms with Gasteiger partial charge in [0.05, 0.1) is 17.9 Å². The van der Waals surface area contributed by atoms with Crippen molar-refractivity contribution in [3.63, 3.8) is 0 Å². The Kier molecular flexibility index (Phi) is 7.22. The predicted molar refractivity (Wildman–Crippen MR) is 117 cm³/mol. The Balaban J connectivity index is 1.48. The second-order valence-corrected chi connectivity index (χ2v) is 9.55. The number of hydrogen-bond acceptors (Lipinski definition) is 3. The van der Waals surface area contributed by atoms with Gasteiger partial charge in [-0.05, 0) is 73.4 Å². The zero-order valence-corrected chi connectivity index (χ0v) is 18.9. The lowest BCUT2D eigenvalue weighted by molar-refractivity contribution is -0.185. The largest absolute Gasteiger partial charge is 0.490 e. The molecule has 4 rings (SSSR count). The van der Waals surface area contributed by atoms with Crippen molar-refractivity contribution < 1.29 is 41.0 Å². The Morgan fingerprint density at radius 3 is 2.29 bits per heavy atom. The van der Waals surface area contributed by atoms with Gasteiger partial charge in [-0.1, -0.05) is 18.2 Å². The Hall–Kier alpha value is -2.49. The van der Waals surface area contributed by atoms with Crippen LogP contribution >= 0.6 is 0 Å². The van der Waals surface area contributed by atoms with Gasteiger partial charge in [0.2, 0.25) is 0 Å². The molecule has 10 heteroatoms. The molecule has 4 nitrogen and oxygen atoms in total. The average Bonchev–Trinajstić information content (AvgIpc) is 3.26. The van der Waals surface area contributed by atoms with E-state index in [0.29, 0.717) is 24.8 Å². The number of nitrogens with one attached hydrogen (secondary N) is 1. The first-order chi connectivity index (χ1) is 16.4. The first-order valence-electron chi connectivity index (χ1n) is 11.7. The van der Waals surface area contributed by atoms with Crippen LogP contribution in [-0.2, 0) is 17.5 Å². The summed E-state index contributed by atoms with van der Waals surface area (Å²) < 4.78 is 86.3. The van der Waals surface area contributed by atoms with Crippen molar-refractivity contribution in [3.05, 3.63) is 41.5 Å². The number of hydrogen-bond donors (Lipinski definition) is 2.